The molecule has 0 aromatic rings. The molecule has 98 valence electrons. The summed E-state index contributed by atoms with van der Waals surface area (Å²) in [6.45, 7) is 5.88. The SMILES string of the molecule is CCCCCCCCC(=O)NC(C)(C#N)CC. The Balaban J connectivity index is 3.64. The molecule has 0 rings (SSSR count). The van der Waals surface area contributed by atoms with Gasteiger partial charge in [-0.25, -0.2) is 0 Å². The fourth-order valence-corrected chi connectivity index (χ4v) is 1.63. The second-order valence-corrected chi connectivity index (χ2v) is 4.86. The molecule has 0 bridgehead atoms. The molecular formula is C14H26N2O. The van der Waals surface area contributed by atoms with Gasteiger partial charge < -0.3 is 5.32 Å². The number of nitrogens with zero attached hydrogens (tertiary/aromatic N) is 1. The molecule has 0 aliphatic rings. The van der Waals surface area contributed by atoms with E-state index in [1.165, 1.54) is 25.7 Å². The van der Waals surface area contributed by atoms with Gasteiger partial charge in [0.05, 0.1) is 6.07 Å². The van der Waals surface area contributed by atoms with Crippen molar-refractivity contribution < 1.29 is 4.79 Å². The first-order chi connectivity index (χ1) is 8.08. The van der Waals surface area contributed by atoms with Crippen LogP contribution in [0, 0.1) is 11.3 Å². The molecule has 1 N–H and O–H groups in total. The lowest BCUT2D eigenvalue weighted by molar-refractivity contribution is -0.122. The van der Waals surface area contributed by atoms with Crippen molar-refractivity contribution in [3.05, 3.63) is 0 Å². The third kappa shape index (κ3) is 7.79. The summed E-state index contributed by atoms with van der Waals surface area (Å²) in [6.07, 6.45) is 8.25. The summed E-state index contributed by atoms with van der Waals surface area (Å²) in [5.74, 6) is 0.00592. The zero-order valence-corrected chi connectivity index (χ0v) is 11.5. The zero-order valence-electron chi connectivity index (χ0n) is 11.5. The highest BCUT2D eigenvalue weighted by molar-refractivity contribution is 5.77. The molecule has 0 aromatic carbocycles. The van der Waals surface area contributed by atoms with E-state index in [0.717, 1.165) is 12.8 Å². The lowest BCUT2D eigenvalue weighted by Crippen LogP contribution is -2.44. The quantitative estimate of drug-likeness (QED) is 0.625. The number of carbonyl (C=O) groups is 1. The van der Waals surface area contributed by atoms with Gasteiger partial charge in [0, 0.05) is 6.42 Å². The highest BCUT2D eigenvalue weighted by Gasteiger charge is 2.22. The molecule has 0 aliphatic heterocycles. The maximum atomic E-state index is 11.6. The number of nitrogens with one attached hydrogen (secondary N) is 1. The van der Waals surface area contributed by atoms with Crippen LogP contribution < -0.4 is 5.32 Å². The summed E-state index contributed by atoms with van der Waals surface area (Å²) < 4.78 is 0. The Morgan fingerprint density at radius 2 is 1.76 bits per heavy atom. The Kier molecular flexibility index (Phi) is 8.49. The lowest BCUT2D eigenvalue weighted by Gasteiger charge is -2.21. The lowest BCUT2D eigenvalue weighted by atomic mass is 10.0. The van der Waals surface area contributed by atoms with Gasteiger partial charge in [0.25, 0.3) is 0 Å². The summed E-state index contributed by atoms with van der Waals surface area (Å²) in [7, 11) is 0. The summed E-state index contributed by atoms with van der Waals surface area (Å²) >= 11 is 0. The number of carbonyl (C=O) groups excluding carboxylic acids is 1. The van der Waals surface area contributed by atoms with E-state index in [0.29, 0.717) is 12.8 Å². The first-order valence-electron chi connectivity index (χ1n) is 6.80. The van der Waals surface area contributed by atoms with E-state index >= 15 is 0 Å². The monoisotopic (exact) mass is 238 g/mol. The van der Waals surface area contributed by atoms with Crippen LogP contribution in [0.5, 0.6) is 0 Å². The molecule has 0 radical (unpaired) electrons. The van der Waals surface area contributed by atoms with Crippen molar-refractivity contribution in [1.82, 2.24) is 5.32 Å². The number of rotatable bonds is 9. The van der Waals surface area contributed by atoms with Crippen molar-refractivity contribution in [2.75, 3.05) is 0 Å². The normalized spacial score (nSPS) is 13.8. The molecule has 1 amide bonds. The average molecular weight is 238 g/mol. The van der Waals surface area contributed by atoms with E-state index in [2.05, 4.69) is 18.3 Å². The van der Waals surface area contributed by atoms with E-state index in [9.17, 15) is 4.79 Å². The van der Waals surface area contributed by atoms with E-state index in [-0.39, 0.29) is 5.91 Å². The molecule has 0 saturated carbocycles. The van der Waals surface area contributed by atoms with Gasteiger partial charge in [0.15, 0.2) is 0 Å². The predicted molar refractivity (Wildman–Crippen MR) is 70.4 cm³/mol. The Morgan fingerprint density at radius 1 is 1.18 bits per heavy atom. The number of hydrogen-bond donors (Lipinski definition) is 1. The van der Waals surface area contributed by atoms with Crippen LogP contribution in [0.1, 0.15) is 72.1 Å². The third-order valence-corrected chi connectivity index (χ3v) is 3.13. The molecular weight excluding hydrogens is 212 g/mol. The minimum Gasteiger partial charge on any atom is -0.338 e. The van der Waals surface area contributed by atoms with Gasteiger partial charge in [-0.15, -0.1) is 0 Å². The standard InChI is InChI=1S/C14H26N2O/c1-4-6-7-8-9-10-11-13(17)16-14(3,5-2)12-15/h4-11H2,1-3H3,(H,16,17). The van der Waals surface area contributed by atoms with Crippen molar-refractivity contribution in [2.45, 2.75) is 77.7 Å². The van der Waals surface area contributed by atoms with Crippen LogP contribution in [0.15, 0.2) is 0 Å². The zero-order chi connectivity index (χ0) is 13.1. The first kappa shape index (κ1) is 16.0. The summed E-state index contributed by atoms with van der Waals surface area (Å²) in [4.78, 5) is 11.6. The largest absolute Gasteiger partial charge is 0.338 e. The van der Waals surface area contributed by atoms with Crippen LogP contribution >= 0.6 is 0 Å². The molecule has 0 heterocycles. The first-order valence-corrected chi connectivity index (χ1v) is 6.80. The van der Waals surface area contributed by atoms with Crippen LogP contribution in [-0.2, 0) is 4.79 Å². The molecule has 0 fully saturated rings. The summed E-state index contributed by atoms with van der Waals surface area (Å²) in [6, 6.07) is 2.15. The van der Waals surface area contributed by atoms with E-state index < -0.39 is 5.54 Å². The highest BCUT2D eigenvalue weighted by Crippen LogP contribution is 2.10. The Labute approximate surface area is 106 Å². The van der Waals surface area contributed by atoms with Crippen molar-refractivity contribution >= 4 is 5.91 Å². The maximum Gasteiger partial charge on any atom is 0.221 e. The average Bonchev–Trinajstić information content (AvgIpc) is 2.33. The minimum atomic E-state index is -0.695. The van der Waals surface area contributed by atoms with E-state index in [1.54, 1.807) is 6.92 Å². The fourth-order valence-electron chi connectivity index (χ4n) is 1.63. The van der Waals surface area contributed by atoms with Gasteiger partial charge in [0.1, 0.15) is 5.54 Å². The van der Waals surface area contributed by atoms with Crippen LogP contribution in [0.4, 0.5) is 0 Å². The van der Waals surface area contributed by atoms with Crippen molar-refractivity contribution in [1.29, 1.82) is 5.26 Å². The second kappa shape index (κ2) is 9.04. The predicted octanol–water partition coefficient (Wildman–Crippen LogP) is 3.55. The van der Waals surface area contributed by atoms with Crippen LogP contribution in [0.3, 0.4) is 0 Å². The molecule has 1 atom stereocenters. The van der Waals surface area contributed by atoms with Gasteiger partial charge in [-0.05, 0) is 19.8 Å². The molecule has 0 aliphatic carbocycles. The van der Waals surface area contributed by atoms with Gasteiger partial charge in [-0.3, -0.25) is 4.79 Å². The maximum absolute atomic E-state index is 11.6. The van der Waals surface area contributed by atoms with Crippen LogP contribution in [0.2, 0.25) is 0 Å². The molecule has 3 heteroatoms. The van der Waals surface area contributed by atoms with Crippen molar-refractivity contribution in [2.24, 2.45) is 0 Å². The number of amides is 1. The van der Waals surface area contributed by atoms with Gasteiger partial charge >= 0.3 is 0 Å². The molecule has 1 unspecified atom stereocenters. The number of nitriles is 1. The third-order valence-electron chi connectivity index (χ3n) is 3.13. The molecule has 17 heavy (non-hydrogen) atoms. The van der Waals surface area contributed by atoms with Gasteiger partial charge in [-0.2, -0.15) is 5.26 Å². The summed E-state index contributed by atoms with van der Waals surface area (Å²) in [5, 5.41) is 11.7. The Bertz CT molecular complexity index is 257. The number of hydrogen-bond acceptors (Lipinski definition) is 2. The second-order valence-electron chi connectivity index (χ2n) is 4.86. The topological polar surface area (TPSA) is 52.9 Å². The van der Waals surface area contributed by atoms with Gasteiger partial charge in [0.2, 0.25) is 5.91 Å². The Hall–Kier alpha value is -1.04. The van der Waals surface area contributed by atoms with Crippen molar-refractivity contribution in [3.8, 4) is 6.07 Å². The van der Waals surface area contributed by atoms with Crippen LogP contribution in [0.25, 0.3) is 0 Å². The number of unbranched alkanes of at least 4 members (excludes halogenated alkanes) is 5. The van der Waals surface area contributed by atoms with Crippen molar-refractivity contribution in [3.63, 3.8) is 0 Å². The summed E-state index contributed by atoms with van der Waals surface area (Å²) in [5.41, 5.74) is -0.695. The molecule has 0 spiro atoms. The van der Waals surface area contributed by atoms with Gasteiger partial charge in [-0.1, -0.05) is 46.0 Å². The molecule has 0 aromatic heterocycles. The molecule has 0 saturated heterocycles. The van der Waals surface area contributed by atoms with E-state index in [1.807, 2.05) is 6.92 Å². The minimum absolute atomic E-state index is 0.00592. The Morgan fingerprint density at radius 3 is 2.29 bits per heavy atom. The smallest absolute Gasteiger partial charge is 0.221 e. The van der Waals surface area contributed by atoms with Crippen LogP contribution in [-0.4, -0.2) is 11.4 Å². The van der Waals surface area contributed by atoms with E-state index in [4.69, 9.17) is 5.26 Å². The highest BCUT2D eigenvalue weighted by atomic mass is 16.1. The fraction of sp³-hybridized carbons (Fsp3) is 0.857. The molecule has 3 nitrogen and oxygen atoms in total.